The van der Waals surface area contributed by atoms with E-state index in [-0.39, 0.29) is 18.7 Å². The van der Waals surface area contributed by atoms with Crippen LogP contribution in [0.25, 0.3) is 16.9 Å². The zero-order valence-corrected chi connectivity index (χ0v) is 12.4. The molecule has 0 radical (unpaired) electrons. The van der Waals surface area contributed by atoms with Crippen molar-refractivity contribution >= 4 is 11.6 Å². The number of carboxylic acids is 1. The minimum atomic E-state index is -0.932. The lowest BCUT2D eigenvalue weighted by molar-refractivity contribution is -0.136. The molecule has 0 atom stereocenters. The van der Waals surface area contributed by atoms with E-state index in [0.717, 1.165) is 11.3 Å². The Morgan fingerprint density at radius 2 is 2.04 bits per heavy atom. The summed E-state index contributed by atoms with van der Waals surface area (Å²) in [6.45, 7) is 0. The maximum absolute atomic E-state index is 10.7. The van der Waals surface area contributed by atoms with Gasteiger partial charge in [0, 0.05) is 18.2 Å². The maximum Gasteiger partial charge on any atom is 0.303 e. The van der Waals surface area contributed by atoms with E-state index in [2.05, 4.69) is 9.97 Å². The molecule has 2 aromatic heterocycles. The normalized spacial score (nSPS) is 10.8. The number of aliphatic carboxylic acids is 1. The van der Waals surface area contributed by atoms with Gasteiger partial charge in [0.05, 0.1) is 25.4 Å². The van der Waals surface area contributed by atoms with E-state index in [9.17, 15) is 9.90 Å². The quantitative estimate of drug-likeness (QED) is 0.749. The molecule has 0 aliphatic heterocycles. The summed E-state index contributed by atoms with van der Waals surface area (Å²) in [4.78, 5) is 19.2. The van der Waals surface area contributed by atoms with Crippen LogP contribution in [0.1, 0.15) is 12.1 Å². The highest BCUT2D eigenvalue weighted by Gasteiger charge is 2.13. The van der Waals surface area contributed by atoms with Crippen LogP contribution in [0.2, 0.25) is 0 Å². The van der Waals surface area contributed by atoms with Crippen LogP contribution in [-0.2, 0) is 11.2 Å². The van der Waals surface area contributed by atoms with Crippen LogP contribution < -0.4 is 4.74 Å². The SMILES string of the molecule is COc1ccc(-c2cn3c(O)c(CCC(=O)O)nc3cn2)cc1. The van der Waals surface area contributed by atoms with Gasteiger partial charge in [0.25, 0.3) is 0 Å². The molecule has 0 unspecified atom stereocenters. The van der Waals surface area contributed by atoms with Crippen molar-refractivity contribution in [2.45, 2.75) is 12.8 Å². The minimum Gasteiger partial charge on any atom is -0.497 e. The zero-order valence-electron chi connectivity index (χ0n) is 12.4. The topological polar surface area (TPSA) is 97.0 Å². The summed E-state index contributed by atoms with van der Waals surface area (Å²) < 4.78 is 6.62. The Hall–Kier alpha value is -3.09. The third-order valence-electron chi connectivity index (χ3n) is 3.51. The van der Waals surface area contributed by atoms with Crippen LogP contribution in [-0.4, -0.2) is 37.7 Å². The molecule has 0 fully saturated rings. The van der Waals surface area contributed by atoms with Crippen LogP contribution in [0, 0.1) is 0 Å². The number of carboxylic acid groups (broad SMARTS) is 1. The number of rotatable bonds is 5. The van der Waals surface area contributed by atoms with Crippen LogP contribution in [0.5, 0.6) is 11.6 Å². The molecule has 2 N–H and O–H groups in total. The van der Waals surface area contributed by atoms with Gasteiger partial charge in [-0.25, -0.2) is 4.98 Å². The molecule has 7 heteroatoms. The van der Waals surface area contributed by atoms with Gasteiger partial charge in [0.1, 0.15) is 11.4 Å². The number of ether oxygens (including phenoxy) is 1. The standard InChI is InChI=1S/C16H15N3O4/c1-23-11-4-2-10(3-5-11)13-9-19-14(8-17-13)18-12(16(19)22)6-7-15(20)21/h2-5,8-9,22H,6-7H2,1H3,(H,20,21). The summed E-state index contributed by atoms with van der Waals surface area (Å²) in [5.41, 5.74) is 2.35. The van der Waals surface area contributed by atoms with Crippen molar-refractivity contribution in [2.75, 3.05) is 7.11 Å². The van der Waals surface area contributed by atoms with Crippen LogP contribution in [0.15, 0.2) is 36.7 Å². The molecule has 0 amide bonds. The van der Waals surface area contributed by atoms with Crippen molar-refractivity contribution in [1.29, 1.82) is 0 Å². The fraction of sp³-hybridized carbons (Fsp3) is 0.188. The summed E-state index contributed by atoms with van der Waals surface area (Å²) in [7, 11) is 1.60. The minimum absolute atomic E-state index is 0.0570. The number of aromatic hydroxyl groups is 1. The second-order valence-electron chi connectivity index (χ2n) is 5.01. The van der Waals surface area contributed by atoms with E-state index < -0.39 is 5.97 Å². The predicted octanol–water partition coefficient (Wildman–Crippen LogP) is 2.13. The van der Waals surface area contributed by atoms with Crippen molar-refractivity contribution < 1.29 is 19.7 Å². The molecule has 0 saturated carbocycles. The molecule has 0 saturated heterocycles. The van der Waals surface area contributed by atoms with Crippen molar-refractivity contribution in [3.63, 3.8) is 0 Å². The summed E-state index contributed by atoms with van der Waals surface area (Å²) in [6, 6.07) is 7.39. The highest BCUT2D eigenvalue weighted by atomic mass is 16.5. The molecule has 0 aliphatic rings. The Balaban J connectivity index is 1.97. The van der Waals surface area contributed by atoms with Crippen LogP contribution in [0.3, 0.4) is 0 Å². The number of nitrogens with zero attached hydrogens (tertiary/aromatic N) is 3. The molecule has 2 heterocycles. The number of imidazole rings is 1. The van der Waals surface area contributed by atoms with Crippen molar-refractivity contribution in [3.05, 3.63) is 42.4 Å². The van der Waals surface area contributed by atoms with Crippen molar-refractivity contribution in [3.8, 4) is 22.9 Å². The van der Waals surface area contributed by atoms with Gasteiger partial charge in [-0.1, -0.05) is 0 Å². The largest absolute Gasteiger partial charge is 0.497 e. The third-order valence-corrected chi connectivity index (χ3v) is 3.51. The molecule has 0 aliphatic carbocycles. The average molecular weight is 313 g/mol. The van der Waals surface area contributed by atoms with E-state index in [4.69, 9.17) is 9.84 Å². The molecule has 0 bridgehead atoms. The first-order valence-corrected chi connectivity index (χ1v) is 7.00. The van der Waals surface area contributed by atoms with Crippen LogP contribution in [0.4, 0.5) is 0 Å². The number of aromatic nitrogens is 3. The van der Waals surface area contributed by atoms with Gasteiger partial charge in [-0.2, -0.15) is 0 Å². The van der Waals surface area contributed by atoms with Gasteiger partial charge < -0.3 is 14.9 Å². The second-order valence-corrected chi connectivity index (χ2v) is 5.01. The van der Waals surface area contributed by atoms with Crippen LogP contribution >= 0.6 is 0 Å². The predicted molar refractivity (Wildman–Crippen MR) is 82.6 cm³/mol. The fourth-order valence-electron chi connectivity index (χ4n) is 2.29. The Bertz CT molecular complexity index is 856. The van der Waals surface area contributed by atoms with Gasteiger partial charge in [-0.15, -0.1) is 0 Å². The summed E-state index contributed by atoms with van der Waals surface area (Å²) in [5, 5.41) is 19.0. The fourth-order valence-corrected chi connectivity index (χ4v) is 2.29. The summed E-state index contributed by atoms with van der Waals surface area (Å²) in [6.07, 6.45) is 3.30. The third kappa shape index (κ3) is 2.94. The number of benzene rings is 1. The van der Waals surface area contributed by atoms with E-state index in [1.165, 1.54) is 4.40 Å². The highest BCUT2D eigenvalue weighted by molar-refractivity contribution is 5.67. The number of carbonyl (C=O) groups is 1. The van der Waals surface area contributed by atoms with Gasteiger partial charge in [0.2, 0.25) is 5.88 Å². The van der Waals surface area contributed by atoms with Gasteiger partial charge in [0.15, 0.2) is 5.65 Å². The Morgan fingerprint density at radius 3 is 2.70 bits per heavy atom. The number of fused-ring (bicyclic) bond motifs is 1. The summed E-state index contributed by atoms with van der Waals surface area (Å²) >= 11 is 0. The van der Waals surface area contributed by atoms with Gasteiger partial charge in [-0.3, -0.25) is 14.2 Å². The Morgan fingerprint density at radius 1 is 1.30 bits per heavy atom. The lowest BCUT2D eigenvalue weighted by Crippen LogP contribution is -1.97. The van der Waals surface area contributed by atoms with Gasteiger partial charge >= 0.3 is 5.97 Å². The number of methoxy groups -OCH3 is 1. The first-order chi connectivity index (χ1) is 11.1. The first-order valence-electron chi connectivity index (χ1n) is 7.00. The molecular formula is C16H15N3O4. The smallest absolute Gasteiger partial charge is 0.303 e. The maximum atomic E-state index is 10.7. The summed E-state index contributed by atoms with van der Waals surface area (Å²) in [5.74, 6) is -0.242. The van der Waals surface area contributed by atoms with E-state index in [0.29, 0.717) is 17.0 Å². The van der Waals surface area contributed by atoms with E-state index in [1.807, 2.05) is 24.3 Å². The first kappa shape index (κ1) is 14.8. The van der Waals surface area contributed by atoms with Crippen molar-refractivity contribution in [2.24, 2.45) is 0 Å². The lowest BCUT2D eigenvalue weighted by Gasteiger charge is -2.04. The molecule has 7 nitrogen and oxygen atoms in total. The van der Waals surface area contributed by atoms with E-state index >= 15 is 0 Å². The zero-order chi connectivity index (χ0) is 16.4. The molecule has 3 aromatic rings. The molecule has 1 aromatic carbocycles. The van der Waals surface area contributed by atoms with E-state index in [1.54, 1.807) is 19.5 Å². The highest BCUT2D eigenvalue weighted by Crippen LogP contribution is 2.25. The average Bonchev–Trinajstić information content (AvgIpc) is 2.89. The lowest BCUT2D eigenvalue weighted by atomic mass is 10.1. The molecule has 3 rings (SSSR count). The number of hydrogen-bond acceptors (Lipinski definition) is 5. The molecule has 0 spiro atoms. The molecule has 118 valence electrons. The Kier molecular flexibility index (Phi) is 3.84. The monoisotopic (exact) mass is 313 g/mol. The number of hydrogen-bond donors (Lipinski definition) is 2. The molecular weight excluding hydrogens is 298 g/mol. The molecule has 23 heavy (non-hydrogen) atoms. The van der Waals surface area contributed by atoms with Crippen molar-refractivity contribution in [1.82, 2.24) is 14.4 Å². The number of aryl methyl sites for hydroxylation is 1. The van der Waals surface area contributed by atoms with Gasteiger partial charge in [-0.05, 0) is 24.3 Å². The second kappa shape index (κ2) is 5.96. The Labute approximate surface area is 131 Å².